The molecule has 0 aliphatic rings. The van der Waals surface area contributed by atoms with E-state index in [1.54, 1.807) is 12.3 Å². The standard InChI is InChI=1S/C13H11N3O2/c17-13-16(9-15-12-7-3-4-8-14-12)10-5-1-2-6-11(10)18-13/h1-8H,9H2,(H,14,15). The Morgan fingerprint density at radius 3 is 2.83 bits per heavy atom. The fourth-order valence-electron chi connectivity index (χ4n) is 1.79. The second-order valence-electron chi connectivity index (χ2n) is 3.81. The van der Waals surface area contributed by atoms with Gasteiger partial charge in [0.1, 0.15) is 12.5 Å². The minimum absolute atomic E-state index is 0.326. The summed E-state index contributed by atoms with van der Waals surface area (Å²) in [5, 5.41) is 3.07. The van der Waals surface area contributed by atoms with Gasteiger partial charge in [-0.05, 0) is 24.3 Å². The van der Waals surface area contributed by atoms with E-state index in [0.717, 1.165) is 11.3 Å². The highest BCUT2D eigenvalue weighted by Crippen LogP contribution is 2.11. The lowest BCUT2D eigenvalue weighted by atomic mass is 10.3. The van der Waals surface area contributed by atoms with Crippen LogP contribution in [0.1, 0.15) is 0 Å². The highest BCUT2D eigenvalue weighted by Gasteiger charge is 2.07. The second kappa shape index (κ2) is 4.37. The van der Waals surface area contributed by atoms with Crippen molar-refractivity contribution in [2.45, 2.75) is 6.67 Å². The monoisotopic (exact) mass is 241 g/mol. The van der Waals surface area contributed by atoms with Gasteiger partial charge in [-0.2, -0.15) is 0 Å². The molecule has 5 nitrogen and oxygen atoms in total. The molecular formula is C13H11N3O2. The topological polar surface area (TPSA) is 60.1 Å². The Bertz CT molecular complexity index is 716. The predicted molar refractivity (Wildman–Crippen MR) is 68.3 cm³/mol. The van der Waals surface area contributed by atoms with Gasteiger partial charge in [0, 0.05) is 6.20 Å². The summed E-state index contributed by atoms with van der Waals surface area (Å²) in [6, 6.07) is 12.9. The quantitative estimate of drug-likeness (QED) is 0.762. The third-order valence-electron chi connectivity index (χ3n) is 2.66. The summed E-state index contributed by atoms with van der Waals surface area (Å²) in [6.45, 7) is 0.326. The van der Waals surface area contributed by atoms with Gasteiger partial charge in [0.25, 0.3) is 0 Å². The molecule has 3 rings (SSSR count). The molecule has 90 valence electrons. The first-order valence-corrected chi connectivity index (χ1v) is 5.58. The van der Waals surface area contributed by atoms with Crippen molar-refractivity contribution >= 4 is 16.9 Å². The number of hydrogen-bond donors (Lipinski definition) is 1. The van der Waals surface area contributed by atoms with E-state index < -0.39 is 0 Å². The Kier molecular flexibility index (Phi) is 2.57. The summed E-state index contributed by atoms with van der Waals surface area (Å²) in [5.41, 5.74) is 1.36. The Morgan fingerprint density at radius 2 is 2.00 bits per heavy atom. The lowest BCUT2D eigenvalue weighted by Gasteiger charge is -2.05. The van der Waals surface area contributed by atoms with Crippen LogP contribution in [0.5, 0.6) is 0 Å². The molecule has 0 spiro atoms. The van der Waals surface area contributed by atoms with Crippen LogP contribution in [-0.4, -0.2) is 9.55 Å². The molecule has 0 radical (unpaired) electrons. The Balaban J connectivity index is 1.91. The van der Waals surface area contributed by atoms with E-state index in [4.69, 9.17) is 4.42 Å². The zero-order valence-electron chi connectivity index (χ0n) is 9.54. The van der Waals surface area contributed by atoms with Crippen molar-refractivity contribution in [2.75, 3.05) is 5.32 Å². The van der Waals surface area contributed by atoms with Gasteiger partial charge < -0.3 is 9.73 Å². The molecule has 2 aromatic heterocycles. The van der Waals surface area contributed by atoms with Gasteiger partial charge in [-0.15, -0.1) is 0 Å². The first-order valence-electron chi connectivity index (χ1n) is 5.58. The lowest BCUT2D eigenvalue weighted by Crippen LogP contribution is -2.19. The summed E-state index contributed by atoms with van der Waals surface area (Å²) in [5.74, 6) is 0.342. The van der Waals surface area contributed by atoms with Crippen LogP contribution in [0.3, 0.4) is 0 Å². The molecule has 0 fully saturated rings. The molecule has 0 aliphatic heterocycles. The van der Waals surface area contributed by atoms with E-state index in [1.807, 2.05) is 36.4 Å². The zero-order valence-corrected chi connectivity index (χ0v) is 9.54. The number of oxazole rings is 1. The molecule has 0 aliphatic carbocycles. The number of fused-ring (bicyclic) bond motifs is 1. The first kappa shape index (κ1) is 10.6. The van der Waals surface area contributed by atoms with Crippen LogP contribution in [0.4, 0.5) is 5.82 Å². The van der Waals surface area contributed by atoms with E-state index in [9.17, 15) is 4.79 Å². The summed E-state index contributed by atoms with van der Waals surface area (Å²) in [7, 11) is 0. The number of hydrogen-bond acceptors (Lipinski definition) is 4. The van der Waals surface area contributed by atoms with Gasteiger partial charge >= 0.3 is 5.76 Å². The normalized spacial score (nSPS) is 10.7. The maximum Gasteiger partial charge on any atom is 0.421 e. The van der Waals surface area contributed by atoms with E-state index in [2.05, 4.69) is 10.3 Å². The van der Waals surface area contributed by atoms with Crippen LogP contribution in [0.25, 0.3) is 11.1 Å². The molecule has 2 heterocycles. The molecule has 1 N–H and O–H groups in total. The molecule has 1 aromatic carbocycles. The molecule has 5 heteroatoms. The molecule has 0 unspecified atom stereocenters. The maximum atomic E-state index is 11.7. The third kappa shape index (κ3) is 1.86. The summed E-state index contributed by atoms with van der Waals surface area (Å²) >= 11 is 0. The van der Waals surface area contributed by atoms with Crippen molar-refractivity contribution in [3.63, 3.8) is 0 Å². The lowest BCUT2D eigenvalue weighted by molar-refractivity contribution is 0.515. The van der Waals surface area contributed by atoms with Crippen LogP contribution in [-0.2, 0) is 6.67 Å². The Morgan fingerprint density at radius 1 is 1.17 bits per heavy atom. The minimum Gasteiger partial charge on any atom is -0.408 e. The Hall–Kier alpha value is -2.56. The Labute approximate surface area is 103 Å². The number of para-hydroxylation sites is 2. The SMILES string of the molecule is O=c1oc2ccccc2n1CNc1ccccn1. The van der Waals surface area contributed by atoms with Crippen LogP contribution in [0, 0.1) is 0 Å². The van der Waals surface area contributed by atoms with Gasteiger partial charge in [0.2, 0.25) is 0 Å². The molecule has 3 aromatic rings. The molecule has 0 bridgehead atoms. The van der Waals surface area contributed by atoms with Gasteiger partial charge in [-0.25, -0.2) is 9.78 Å². The van der Waals surface area contributed by atoms with E-state index in [0.29, 0.717) is 12.3 Å². The number of benzene rings is 1. The molecule has 0 saturated carbocycles. The highest BCUT2D eigenvalue weighted by molar-refractivity contribution is 5.72. The molecule has 0 atom stereocenters. The van der Waals surface area contributed by atoms with E-state index in [1.165, 1.54) is 4.57 Å². The maximum absolute atomic E-state index is 11.7. The summed E-state index contributed by atoms with van der Waals surface area (Å²) in [6.07, 6.45) is 1.69. The van der Waals surface area contributed by atoms with Crippen LogP contribution in [0.2, 0.25) is 0 Å². The number of nitrogens with one attached hydrogen (secondary N) is 1. The van der Waals surface area contributed by atoms with Crippen molar-refractivity contribution in [3.8, 4) is 0 Å². The van der Waals surface area contributed by atoms with Gasteiger partial charge in [-0.3, -0.25) is 4.57 Å². The number of pyridine rings is 1. The van der Waals surface area contributed by atoms with Crippen molar-refractivity contribution in [3.05, 3.63) is 59.2 Å². The predicted octanol–water partition coefficient (Wildman–Crippen LogP) is 2.06. The average molecular weight is 241 g/mol. The van der Waals surface area contributed by atoms with Gasteiger partial charge in [0.05, 0.1) is 5.52 Å². The third-order valence-corrected chi connectivity index (χ3v) is 2.66. The van der Waals surface area contributed by atoms with Crippen molar-refractivity contribution < 1.29 is 4.42 Å². The van der Waals surface area contributed by atoms with Crippen molar-refractivity contribution in [2.24, 2.45) is 0 Å². The minimum atomic E-state index is -0.375. The van der Waals surface area contributed by atoms with Crippen LogP contribution in [0.15, 0.2) is 57.9 Å². The highest BCUT2D eigenvalue weighted by atomic mass is 16.4. The molecule has 0 saturated heterocycles. The first-order chi connectivity index (χ1) is 8.84. The van der Waals surface area contributed by atoms with Crippen LogP contribution < -0.4 is 11.1 Å². The smallest absolute Gasteiger partial charge is 0.408 e. The fourth-order valence-corrected chi connectivity index (χ4v) is 1.79. The number of nitrogens with zero attached hydrogens (tertiary/aromatic N) is 2. The largest absolute Gasteiger partial charge is 0.421 e. The van der Waals surface area contributed by atoms with Crippen molar-refractivity contribution in [1.82, 2.24) is 9.55 Å². The molecular weight excluding hydrogens is 230 g/mol. The van der Waals surface area contributed by atoms with Gasteiger partial charge in [-0.1, -0.05) is 18.2 Å². The van der Waals surface area contributed by atoms with Gasteiger partial charge in [0.15, 0.2) is 5.58 Å². The van der Waals surface area contributed by atoms with E-state index in [-0.39, 0.29) is 5.76 Å². The molecule has 0 amide bonds. The summed E-state index contributed by atoms with van der Waals surface area (Å²) < 4.78 is 6.67. The van der Waals surface area contributed by atoms with E-state index >= 15 is 0 Å². The second-order valence-corrected chi connectivity index (χ2v) is 3.81. The van der Waals surface area contributed by atoms with Crippen molar-refractivity contribution in [1.29, 1.82) is 0 Å². The number of anilines is 1. The number of rotatable bonds is 3. The zero-order chi connectivity index (χ0) is 12.4. The number of aromatic nitrogens is 2. The molecule has 18 heavy (non-hydrogen) atoms. The summed E-state index contributed by atoms with van der Waals surface area (Å²) in [4.78, 5) is 15.8. The van der Waals surface area contributed by atoms with Crippen LogP contribution >= 0.6 is 0 Å². The average Bonchev–Trinajstić information content (AvgIpc) is 2.73. The fraction of sp³-hybridized carbons (Fsp3) is 0.0769.